The van der Waals surface area contributed by atoms with Crippen molar-refractivity contribution in [1.29, 1.82) is 0 Å². The molecule has 0 spiro atoms. The van der Waals surface area contributed by atoms with E-state index >= 15 is 0 Å². The lowest BCUT2D eigenvalue weighted by molar-refractivity contribution is 0.0951. The smallest absolute Gasteiger partial charge is 0.251 e. The number of carbonyl (C=O) groups excluding carboxylic acids is 1. The Kier molecular flexibility index (Phi) is 7.09. The first kappa shape index (κ1) is 21.5. The van der Waals surface area contributed by atoms with Crippen LogP contribution in [0.5, 0.6) is 0 Å². The average molecular weight is 415 g/mol. The van der Waals surface area contributed by atoms with E-state index in [0.29, 0.717) is 17.7 Å². The van der Waals surface area contributed by atoms with Gasteiger partial charge in [-0.1, -0.05) is 43.3 Å². The van der Waals surface area contributed by atoms with Crippen LogP contribution in [0.2, 0.25) is 0 Å². The second-order valence-corrected chi connectivity index (χ2v) is 10.4. The van der Waals surface area contributed by atoms with Gasteiger partial charge in [0.15, 0.2) is 9.84 Å². The van der Waals surface area contributed by atoms with Gasteiger partial charge in [0.1, 0.15) is 0 Å². The number of likely N-dealkylation sites (tertiary alicyclic amines) is 1. The minimum Gasteiger partial charge on any atom is -0.348 e. The summed E-state index contributed by atoms with van der Waals surface area (Å²) in [4.78, 5) is 14.9. The van der Waals surface area contributed by atoms with E-state index < -0.39 is 9.84 Å². The molecule has 1 amide bonds. The second kappa shape index (κ2) is 9.55. The molecule has 5 nitrogen and oxygen atoms in total. The largest absolute Gasteiger partial charge is 0.348 e. The first-order valence-corrected chi connectivity index (χ1v) is 12.2. The normalized spacial score (nSPS) is 17.8. The summed E-state index contributed by atoms with van der Waals surface area (Å²) in [7, 11) is -3.08. The number of amides is 1. The van der Waals surface area contributed by atoms with Crippen molar-refractivity contribution in [2.45, 2.75) is 38.6 Å². The van der Waals surface area contributed by atoms with Crippen molar-refractivity contribution < 1.29 is 13.2 Å². The number of hydrogen-bond acceptors (Lipinski definition) is 4. The van der Waals surface area contributed by atoms with E-state index in [1.807, 2.05) is 0 Å². The summed E-state index contributed by atoms with van der Waals surface area (Å²) in [5, 5.41) is 2.92. The molecule has 2 aromatic rings. The molecule has 1 atom stereocenters. The predicted octanol–water partition coefficient (Wildman–Crippen LogP) is 3.39. The van der Waals surface area contributed by atoms with Crippen molar-refractivity contribution in [3.63, 3.8) is 0 Å². The van der Waals surface area contributed by atoms with Crippen LogP contribution in [0.4, 0.5) is 0 Å². The van der Waals surface area contributed by atoms with Crippen LogP contribution in [-0.4, -0.2) is 38.6 Å². The molecule has 29 heavy (non-hydrogen) atoms. The molecule has 0 bridgehead atoms. The molecular weight excluding hydrogens is 384 g/mol. The van der Waals surface area contributed by atoms with Crippen LogP contribution in [0.1, 0.15) is 46.8 Å². The lowest BCUT2D eigenvalue weighted by atomic mass is 9.99. The van der Waals surface area contributed by atoms with Gasteiger partial charge in [-0.25, -0.2) is 8.42 Å². The number of benzene rings is 2. The summed E-state index contributed by atoms with van der Waals surface area (Å²) in [6.45, 7) is 6.10. The Morgan fingerprint density at radius 1 is 1.03 bits per heavy atom. The highest BCUT2D eigenvalue weighted by Gasteiger charge is 2.16. The van der Waals surface area contributed by atoms with Crippen LogP contribution in [0.25, 0.3) is 0 Å². The van der Waals surface area contributed by atoms with Gasteiger partial charge < -0.3 is 5.32 Å². The fourth-order valence-electron chi connectivity index (χ4n) is 3.79. The standard InChI is InChI=1S/C23H30N2O3S/c1-18-4-3-13-25(15-18)16-20-7-5-19(6-8-20)14-24-23(26)22-11-9-21(10-12-22)17-29(2,27)28/h5-12,18H,3-4,13-17H2,1-2H3,(H,24,26). The zero-order chi connectivity index (χ0) is 20.9. The number of rotatable bonds is 7. The van der Waals surface area contributed by atoms with Crippen molar-refractivity contribution >= 4 is 15.7 Å². The van der Waals surface area contributed by atoms with Crippen molar-refractivity contribution in [3.05, 3.63) is 70.8 Å². The van der Waals surface area contributed by atoms with Crippen molar-refractivity contribution in [3.8, 4) is 0 Å². The van der Waals surface area contributed by atoms with E-state index in [4.69, 9.17) is 0 Å². The molecule has 0 aliphatic carbocycles. The molecule has 0 radical (unpaired) electrons. The maximum absolute atomic E-state index is 12.3. The van der Waals surface area contributed by atoms with Crippen LogP contribution in [0, 0.1) is 5.92 Å². The highest BCUT2D eigenvalue weighted by molar-refractivity contribution is 7.89. The molecule has 2 aromatic carbocycles. The Hall–Kier alpha value is -2.18. The number of nitrogens with zero attached hydrogens (tertiary/aromatic N) is 1. The zero-order valence-electron chi connectivity index (χ0n) is 17.2. The Labute approximate surface area is 174 Å². The van der Waals surface area contributed by atoms with Crippen molar-refractivity contribution in [2.24, 2.45) is 5.92 Å². The lowest BCUT2D eigenvalue weighted by Gasteiger charge is -2.30. The number of sulfone groups is 1. The second-order valence-electron chi connectivity index (χ2n) is 8.25. The van der Waals surface area contributed by atoms with Gasteiger partial charge in [-0.2, -0.15) is 0 Å². The molecule has 0 aromatic heterocycles. The first-order chi connectivity index (χ1) is 13.8. The number of hydrogen-bond donors (Lipinski definition) is 1. The van der Waals surface area contributed by atoms with E-state index in [2.05, 4.69) is 41.4 Å². The summed E-state index contributed by atoms with van der Waals surface area (Å²) >= 11 is 0. The van der Waals surface area contributed by atoms with Crippen LogP contribution in [-0.2, 0) is 28.7 Å². The predicted molar refractivity (Wildman–Crippen MR) is 116 cm³/mol. The number of piperidine rings is 1. The van der Waals surface area contributed by atoms with Gasteiger partial charge in [0.05, 0.1) is 5.75 Å². The topological polar surface area (TPSA) is 66.5 Å². The highest BCUT2D eigenvalue weighted by Crippen LogP contribution is 2.18. The molecule has 3 rings (SSSR count). The molecule has 1 unspecified atom stereocenters. The summed E-state index contributed by atoms with van der Waals surface area (Å²) in [5.41, 5.74) is 3.57. The average Bonchev–Trinajstić information content (AvgIpc) is 2.66. The Morgan fingerprint density at radius 2 is 1.66 bits per heavy atom. The van der Waals surface area contributed by atoms with Gasteiger partial charge >= 0.3 is 0 Å². The molecule has 1 N–H and O–H groups in total. The minimum atomic E-state index is -3.08. The molecule has 0 saturated carbocycles. The Morgan fingerprint density at radius 3 is 2.28 bits per heavy atom. The first-order valence-electron chi connectivity index (χ1n) is 10.1. The third kappa shape index (κ3) is 6.98. The Balaban J connectivity index is 1.49. The van der Waals surface area contributed by atoms with E-state index in [9.17, 15) is 13.2 Å². The van der Waals surface area contributed by atoms with Crippen LogP contribution < -0.4 is 5.32 Å². The van der Waals surface area contributed by atoms with Gasteiger partial charge in [-0.15, -0.1) is 0 Å². The van der Waals surface area contributed by atoms with Crippen LogP contribution in [0.3, 0.4) is 0 Å². The monoisotopic (exact) mass is 414 g/mol. The van der Waals surface area contributed by atoms with E-state index in [-0.39, 0.29) is 11.7 Å². The fraction of sp³-hybridized carbons (Fsp3) is 0.435. The molecule has 1 fully saturated rings. The van der Waals surface area contributed by atoms with Gasteiger partial charge in [-0.05, 0) is 54.1 Å². The molecular formula is C23H30N2O3S. The van der Waals surface area contributed by atoms with Gasteiger partial charge in [0, 0.05) is 31.5 Å². The van der Waals surface area contributed by atoms with Gasteiger partial charge in [0.2, 0.25) is 0 Å². The van der Waals surface area contributed by atoms with Crippen LogP contribution >= 0.6 is 0 Å². The maximum Gasteiger partial charge on any atom is 0.251 e. The van der Waals surface area contributed by atoms with E-state index in [1.165, 1.54) is 37.8 Å². The summed E-state index contributed by atoms with van der Waals surface area (Å²) < 4.78 is 22.7. The van der Waals surface area contributed by atoms with Crippen LogP contribution in [0.15, 0.2) is 48.5 Å². The Bertz CT molecular complexity index is 922. The van der Waals surface area contributed by atoms with Gasteiger partial charge in [-0.3, -0.25) is 9.69 Å². The van der Waals surface area contributed by atoms with Crippen molar-refractivity contribution in [2.75, 3.05) is 19.3 Å². The SMILES string of the molecule is CC1CCCN(Cc2ccc(CNC(=O)c3ccc(CS(C)(=O)=O)cc3)cc2)C1. The fourth-order valence-corrected chi connectivity index (χ4v) is 4.59. The van der Waals surface area contributed by atoms with Gasteiger partial charge in [0.25, 0.3) is 5.91 Å². The molecule has 1 aliphatic heterocycles. The third-order valence-corrected chi connectivity index (χ3v) is 6.13. The van der Waals surface area contributed by atoms with Crippen molar-refractivity contribution in [1.82, 2.24) is 10.2 Å². The molecule has 6 heteroatoms. The minimum absolute atomic E-state index is 0.0163. The molecule has 1 saturated heterocycles. The molecule has 1 heterocycles. The summed E-state index contributed by atoms with van der Waals surface area (Å²) in [6, 6.07) is 15.1. The lowest BCUT2D eigenvalue weighted by Crippen LogP contribution is -2.33. The zero-order valence-corrected chi connectivity index (χ0v) is 18.0. The molecule has 1 aliphatic rings. The number of nitrogens with one attached hydrogen (secondary N) is 1. The third-order valence-electron chi connectivity index (χ3n) is 5.27. The number of carbonyl (C=O) groups is 1. The highest BCUT2D eigenvalue weighted by atomic mass is 32.2. The maximum atomic E-state index is 12.3. The molecule has 156 valence electrons. The summed E-state index contributed by atoms with van der Waals surface area (Å²) in [5.74, 6) is 0.596. The summed E-state index contributed by atoms with van der Waals surface area (Å²) in [6.07, 6.45) is 3.81. The van der Waals surface area contributed by atoms with E-state index in [0.717, 1.165) is 18.0 Å². The quantitative estimate of drug-likeness (QED) is 0.754. The van der Waals surface area contributed by atoms with E-state index in [1.54, 1.807) is 24.3 Å².